The summed E-state index contributed by atoms with van der Waals surface area (Å²) in [5.41, 5.74) is 0.898. The number of amides is 1. The second-order valence-corrected chi connectivity index (χ2v) is 6.93. The van der Waals surface area contributed by atoms with Gasteiger partial charge in [-0.15, -0.1) is 0 Å². The van der Waals surface area contributed by atoms with E-state index in [0.717, 1.165) is 5.56 Å². The first-order valence-corrected chi connectivity index (χ1v) is 9.38. The molecule has 0 saturated carbocycles. The second-order valence-electron chi connectivity index (χ2n) is 6.93. The molecule has 2 N–H and O–H groups in total. The van der Waals surface area contributed by atoms with Gasteiger partial charge in [0.25, 0.3) is 11.5 Å². The molecule has 2 heterocycles. The van der Waals surface area contributed by atoms with Crippen molar-refractivity contribution in [1.29, 1.82) is 0 Å². The number of pyridine rings is 2. The maximum Gasteiger partial charge on any atom is 0.272 e. The van der Waals surface area contributed by atoms with Crippen LogP contribution < -0.4 is 10.9 Å². The van der Waals surface area contributed by atoms with Crippen LogP contribution in [0.2, 0.25) is 0 Å². The molecule has 2 aromatic carbocycles. The highest BCUT2D eigenvalue weighted by molar-refractivity contribution is 6.01. The predicted molar refractivity (Wildman–Crippen MR) is 112 cm³/mol. The Labute approximate surface area is 175 Å². The largest absolute Gasteiger partial charge is 0.505 e. The number of benzene rings is 2. The van der Waals surface area contributed by atoms with Crippen molar-refractivity contribution >= 4 is 16.9 Å². The minimum Gasteiger partial charge on any atom is -0.505 e. The number of hydrogen-bond acceptors (Lipinski definition) is 4. The maximum atomic E-state index is 13.4. The highest BCUT2D eigenvalue weighted by Crippen LogP contribution is 2.28. The van der Waals surface area contributed by atoms with Crippen LogP contribution in [-0.2, 0) is 6.42 Å². The molecule has 0 fully saturated rings. The standard InChI is InChI=1S/C23H17F2N3O3/c1-26-22(30)19-21(29)20-18(28(23(19)31)17-8-6-16(25)7-9-17)11-14(12-27-20)10-13-2-4-15(24)5-3-13/h2-9,11-12,29H,10H2,1H3,(H,26,30). The molecule has 0 aliphatic carbocycles. The molecule has 0 unspecified atom stereocenters. The molecular formula is C23H17F2N3O3. The first-order valence-electron chi connectivity index (χ1n) is 9.38. The second kappa shape index (κ2) is 7.98. The van der Waals surface area contributed by atoms with Gasteiger partial charge >= 0.3 is 0 Å². The van der Waals surface area contributed by atoms with Crippen LogP contribution in [0.4, 0.5) is 8.78 Å². The van der Waals surface area contributed by atoms with E-state index in [-0.39, 0.29) is 16.9 Å². The number of carbonyl (C=O) groups is 1. The summed E-state index contributed by atoms with van der Waals surface area (Å²) in [5, 5.41) is 13.0. The monoisotopic (exact) mass is 421 g/mol. The van der Waals surface area contributed by atoms with E-state index in [1.807, 2.05) is 0 Å². The molecule has 31 heavy (non-hydrogen) atoms. The molecule has 4 rings (SSSR count). The van der Waals surface area contributed by atoms with Gasteiger partial charge in [-0.3, -0.25) is 19.1 Å². The van der Waals surface area contributed by atoms with Gasteiger partial charge < -0.3 is 10.4 Å². The lowest BCUT2D eigenvalue weighted by Gasteiger charge is -2.15. The predicted octanol–water partition coefficient (Wildman–Crippen LogP) is 3.32. The number of hydrogen-bond donors (Lipinski definition) is 2. The van der Waals surface area contributed by atoms with Crippen LogP contribution in [-0.4, -0.2) is 27.6 Å². The van der Waals surface area contributed by atoms with E-state index in [1.54, 1.807) is 18.2 Å². The van der Waals surface area contributed by atoms with E-state index in [0.29, 0.717) is 17.7 Å². The van der Waals surface area contributed by atoms with Gasteiger partial charge in [0.1, 0.15) is 22.7 Å². The molecular weight excluding hydrogens is 404 g/mol. The molecule has 0 aliphatic rings. The van der Waals surface area contributed by atoms with Crippen molar-refractivity contribution in [2.24, 2.45) is 0 Å². The third-order valence-corrected chi connectivity index (χ3v) is 4.90. The number of halogens is 2. The SMILES string of the molecule is CNC(=O)c1c(O)c2ncc(Cc3ccc(F)cc3)cc2n(-c2ccc(F)cc2)c1=O. The third-order valence-electron chi connectivity index (χ3n) is 4.90. The van der Waals surface area contributed by atoms with Crippen LogP contribution in [0.3, 0.4) is 0 Å². The first kappa shape index (κ1) is 20.2. The summed E-state index contributed by atoms with van der Waals surface area (Å²) in [6.45, 7) is 0. The van der Waals surface area contributed by atoms with Crippen molar-refractivity contribution < 1.29 is 18.7 Å². The van der Waals surface area contributed by atoms with Gasteiger partial charge in [0, 0.05) is 18.9 Å². The van der Waals surface area contributed by atoms with Crippen LogP contribution in [0.25, 0.3) is 16.7 Å². The topological polar surface area (TPSA) is 84.2 Å². The average Bonchev–Trinajstić information content (AvgIpc) is 2.76. The Kier molecular flexibility index (Phi) is 5.21. The molecule has 8 heteroatoms. The molecule has 0 bridgehead atoms. The number of nitrogens with zero attached hydrogens (tertiary/aromatic N) is 2. The minimum atomic E-state index is -0.767. The van der Waals surface area contributed by atoms with Crippen LogP contribution >= 0.6 is 0 Å². The average molecular weight is 421 g/mol. The van der Waals surface area contributed by atoms with Crippen molar-refractivity contribution in [1.82, 2.24) is 14.9 Å². The lowest BCUT2D eigenvalue weighted by Crippen LogP contribution is -2.31. The quantitative estimate of drug-likeness (QED) is 0.530. The molecule has 0 saturated heterocycles. The molecule has 0 radical (unpaired) electrons. The summed E-state index contributed by atoms with van der Waals surface area (Å²) in [5.74, 6) is -2.14. The van der Waals surface area contributed by atoms with Crippen LogP contribution in [0.1, 0.15) is 21.5 Å². The molecule has 0 spiro atoms. The molecule has 0 aliphatic heterocycles. The van der Waals surface area contributed by atoms with Crippen molar-refractivity contribution in [3.05, 3.63) is 99.5 Å². The summed E-state index contributed by atoms with van der Waals surface area (Å²) < 4.78 is 27.8. The van der Waals surface area contributed by atoms with Gasteiger partial charge in [-0.05, 0) is 60.0 Å². The third kappa shape index (κ3) is 3.75. The normalized spacial score (nSPS) is 10.9. The summed E-state index contributed by atoms with van der Waals surface area (Å²) in [7, 11) is 1.34. The van der Waals surface area contributed by atoms with Crippen LogP contribution in [0.5, 0.6) is 5.75 Å². The Morgan fingerprint density at radius 2 is 1.65 bits per heavy atom. The van der Waals surface area contributed by atoms with Crippen molar-refractivity contribution in [2.75, 3.05) is 7.05 Å². The fourth-order valence-corrected chi connectivity index (χ4v) is 3.40. The maximum absolute atomic E-state index is 13.4. The number of carbonyl (C=O) groups excluding carboxylic acids is 1. The Balaban J connectivity index is 1.97. The number of fused-ring (bicyclic) bond motifs is 1. The van der Waals surface area contributed by atoms with Gasteiger partial charge in [0.2, 0.25) is 0 Å². The highest BCUT2D eigenvalue weighted by Gasteiger charge is 2.23. The minimum absolute atomic E-state index is 0.0466. The van der Waals surface area contributed by atoms with Crippen molar-refractivity contribution in [3.8, 4) is 11.4 Å². The summed E-state index contributed by atoms with van der Waals surface area (Å²) in [6.07, 6.45) is 1.91. The summed E-state index contributed by atoms with van der Waals surface area (Å²) in [4.78, 5) is 29.7. The van der Waals surface area contributed by atoms with E-state index >= 15 is 0 Å². The molecule has 156 valence electrons. The smallest absolute Gasteiger partial charge is 0.272 e. The summed E-state index contributed by atoms with van der Waals surface area (Å²) >= 11 is 0. The number of aromatic hydroxyl groups is 1. The highest BCUT2D eigenvalue weighted by atomic mass is 19.1. The van der Waals surface area contributed by atoms with Crippen LogP contribution in [0, 0.1) is 11.6 Å². The first-order chi connectivity index (χ1) is 14.9. The molecule has 1 amide bonds. The van der Waals surface area contributed by atoms with Gasteiger partial charge in [-0.1, -0.05) is 12.1 Å². The van der Waals surface area contributed by atoms with E-state index in [4.69, 9.17) is 0 Å². The molecule has 6 nitrogen and oxygen atoms in total. The number of aromatic nitrogens is 2. The van der Waals surface area contributed by atoms with Crippen molar-refractivity contribution in [2.45, 2.75) is 6.42 Å². The Morgan fingerprint density at radius 3 is 2.26 bits per heavy atom. The zero-order chi connectivity index (χ0) is 22.1. The molecule has 2 aromatic heterocycles. The van der Waals surface area contributed by atoms with E-state index in [1.165, 1.54) is 54.2 Å². The Bertz CT molecular complexity index is 1350. The van der Waals surface area contributed by atoms with Gasteiger partial charge in [-0.2, -0.15) is 0 Å². The van der Waals surface area contributed by atoms with Crippen LogP contribution in [0.15, 0.2) is 65.6 Å². The van der Waals surface area contributed by atoms with Gasteiger partial charge in [-0.25, -0.2) is 8.78 Å². The van der Waals surface area contributed by atoms with Crippen molar-refractivity contribution in [3.63, 3.8) is 0 Å². The zero-order valence-electron chi connectivity index (χ0n) is 16.4. The Hall–Kier alpha value is -4.07. The fourth-order valence-electron chi connectivity index (χ4n) is 3.40. The lowest BCUT2D eigenvalue weighted by molar-refractivity contribution is 0.0959. The Morgan fingerprint density at radius 1 is 1.03 bits per heavy atom. The number of rotatable bonds is 4. The fraction of sp³-hybridized carbons (Fsp3) is 0.0870. The number of nitrogens with one attached hydrogen (secondary N) is 1. The molecule has 0 atom stereocenters. The van der Waals surface area contributed by atoms with E-state index < -0.39 is 28.6 Å². The van der Waals surface area contributed by atoms with Gasteiger partial charge in [0.15, 0.2) is 5.75 Å². The van der Waals surface area contributed by atoms with Gasteiger partial charge in [0.05, 0.1) is 5.52 Å². The summed E-state index contributed by atoms with van der Waals surface area (Å²) in [6, 6.07) is 12.8. The zero-order valence-corrected chi connectivity index (χ0v) is 16.4. The molecule has 4 aromatic rings. The lowest BCUT2D eigenvalue weighted by atomic mass is 10.0. The van der Waals surface area contributed by atoms with E-state index in [2.05, 4.69) is 10.3 Å². The van der Waals surface area contributed by atoms with E-state index in [9.17, 15) is 23.5 Å².